The summed E-state index contributed by atoms with van der Waals surface area (Å²) in [4.78, 5) is 0. The van der Waals surface area contributed by atoms with Crippen molar-refractivity contribution >= 4 is 11.8 Å². The smallest absolute Gasteiger partial charge is 0.209 e. The van der Waals surface area contributed by atoms with E-state index in [1.165, 1.54) is 12.8 Å². The van der Waals surface area contributed by atoms with Gasteiger partial charge in [-0.3, -0.25) is 0 Å². The van der Waals surface area contributed by atoms with Gasteiger partial charge in [-0.2, -0.15) is 0 Å². The van der Waals surface area contributed by atoms with Crippen molar-refractivity contribution in [2.24, 2.45) is 11.1 Å². The summed E-state index contributed by atoms with van der Waals surface area (Å²) in [6, 6.07) is 0.524. The van der Waals surface area contributed by atoms with Crippen LogP contribution in [0.15, 0.2) is 5.16 Å². The lowest BCUT2D eigenvalue weighted by molar-refractivity contribution is 0.397. The van der Waals surface area contributed by atoms with Crippen LogP contribution >= 0.6 is 11.8 Å². The van der Waals surface area contributed by atoms with Crippen LogP contribution in [0.1, 0.15) is 39.7 Å². The number of hydrogen-bond acceptors (Lipinski definition) is 5. The topological polar surface area (TPSA) is 69.6 Å². The van der Waals surface area contributed by atoms with Gasteiger partial charge in [0.15, 0.2) is 0 Å². The first-order valence-electron chi connectivity index (χ1n) is 5.67. The molecule has 16 heavy (non-hydrogen) atoms. The molecule has 0 bridgehead atoms. The molecule has 0 spiro atoms. The molecule has 1 saturated carbocycles. The molecule has 1 aliphatic rings. The van der Waals surface area contributed by atoms with Crippen LogP contribution in [0.3, 0.4) is 0 Å². The number of tetrazole rings is 1. The zero-order chi connectivity index (χ0) is 11.8. The third-order valence-corrected chi connectivity index (χ3v) is 4.45. The predicted molar refractivity (Wildman–Crippen MR) is 64.2 cm³/mol. The molecule has 0 aromatic carbocycles. The van der Waals surface area contributed by atoms with Crippen molar-refractivity contribution in [3.63, 3.8) is 0 Å². The number of hydrogen-bond donors (Lipinski definition) is 1. The molecule has 1 unspecified atom stereocenters. The molecule has 1 aromatic rings. The van der Waals surface area contributed by atoms with E-state index < -0.39 is 0 Å². The lowest BCUT2D eigenvalue weighted by Crippen LogP contribution is -2.31. The fourth-order valence-corrected chi connectivity index (χ4v) is 2.60. The second-order valence-corrected chi connectivity index (χ2v) is 6.52. The summed E-state index contributed by atoms with van der Waals surface area (Å²) in [5.74, 6) is 0. The first-order valence-corrected chi connectivity index (χ1v) is 6.55. The Kier molecular flexibility index (Phi) is 3.21. The van der Waals surface area contributed by atoms with E-state index in [0.717, 1.165) is 5.16 Å². The zero-order valence-corrected chi connectivity index (χ0v) is 10.9. The molecule has 1 atom stereocenters. The summed E-state index contributed by atoms with van der Waals surface area (Å²) in [5, 5.41) is 13.1. The van der Waals surface area contributed by atoms with Crippen molar-refractivity contribution in [3.8, 4) is 0 Å². The highest BCUT2D eigenvalue weighted by atomic mass is 32.2. The van der Waals surface area contributed by atoms with Gasteiger partial charge in [-0.05, 0) is 28.7 Å². The lowest BCUT2D eigenvalue weighted by atomic mass is 9.92. The van der Waals surface area contributed by atoms with Crippen LogP contribution in [0.4, 0.5) is 0 Å². The molecule has 0 aliphatic heterocycles. The zero-order valence-electron chi connectivity index (χ0n) is 10.1. The average molecular weight is 241 g/mol. The molecule has 1 heterocycles. The quantitative estimate of drug-likeness (QED) is 0.808. The van der Waals surface area contributed by atoms with Gasteiger partial charge < -0.3 is 5.73 Å². The van der Waals surface area contributed by atoms with E-state index in [2.05, 4.69) is 36.3 Å². The maximum Gasteiger partial charge on any atom is 0.209 e. The van der Waals surface area contributed by atoms with E-state index in [1.54, 1.807) is 11.8 Å². The van der Waals surface area contributed by atoms with Crippen LogP contribution in [0.2, 0.25) is 0 Å². The first kappa shape index (κ1) is 11.9. The number of rotatable bonds is 4. The molecule has 0 saturated heterocycles. The lowest BCUT2D eigenvalue weighted by Gasteiger charge is -2.28. The molecular weight excluding hydrogens is 222 g/mol. The second-order valence-electron chi connectivity index (χ2n) is 5.35. The van der Waals surface area contributed by atoms with Gasteiger partial charge in [0, 0.05) is 11.8 Å². The molecule has 0 radical (unpaired) electrons. The number of thioether (sulfide) groups is 1. The van der Waals surface area contributed by atoms with E-state index in [0.29, 0.717) is 17.8 Å². The molecule has 90 valence electrons. The van der Waals surface area contributed by atoms with Crippen molar-refractivity contribution in [3.05, 3.63) is 0 Å². The maximum absolute atomic E-state index is 5.82. The largest absolute Gasteiger partial charge is 0.329 e. The highest BCUT2D eigenvalue weighted by molar-refractivity contribution is 7.99. The van der Waals surface area contributed by atoms with Gasteiger partial charge in [-0.15, -0.1) is 5.10 Å². The van der Waals surface area contributed by atoms with Gasteiger partial charge in [0.1, 0.15) is 0 Å². The monoisotopic (exact) mass is 241 g/mol. The van der Waals surface area contributed by atoms with Crippen molar-refractivity contribution in [2.75, 3.05) is 6.54 Å². The minimum absolute atomic E-state index is 0.166. The molecule has 0 amide bonds. The van der Waals surface area contributed by atoms with Crippen molar-refractivity contribution in [2.45, 2.75) is 50.1 Å². The number of nitrogens with two attached hydrogens (primary N) is 1. The van der Waals surface area contributed by atoms with Gasteiger partial charge in [0.2, 0.25) is 5.16 Å². The maximum atomic E-state index is 5.82. The Hall–Kier alpha value is -0.620. The molecule has 1 aliphatic carbocycles. The average Bonchev–Trinajstić information content (AvgIpc) is 2.93. The molecule has 1 aromatic heterocycles. The SMILES string of the molecule is CC(C)(C)C(CN)Sc1nnnn1C1CC1. The summed E-state index contributed by atoms with van der Waals surface area (Å²) < 4.78 is 1.94. The Bertz CT molecular complexity index is 352. The summed E-state index contributed by atoms with van der Waals surface area (Å²) in [7, 11) is 0. The van der Waals surface area contributed by atoms with Crippen LogP contribution in [-0.2, 0) is 0 Å². The van der Waals surface area contributed by atoms with Gasteiger partial charge in [0.05, 0.1) is 6.04 Å². The third-order valence-electron chi connectivity index (χ3n) is 2.78. The Labute approximate surface area is 100 Å². The highest BCUT2D eigenvalue weighted by Gasteiger charge is 2.31. The number of nitrogens with zero attached hydrogens (tertiary/aromatic N) is 4. The summed E-state index contributed by atoms with van der Waals surface area (Å²) in [6.45, 7) is 7.24. The fourth-order valence-electron chi connectivity index (χ4n) is 1.52. The van der Waals surface area contributed by atoms with Gasteiger partial charge >= 0.3 is 0 Å². The highest BCUT2D eigenvalue weighted by Crippen LogP contribution is 2.39. The minimum atomic E-state index is 0.166. The van der Waals surface area contributed by atoms with E-state index in [4.69, 9.17) is 5.73 Å². The van der Waals surface area contributed by atoms with Crippen LogP contribution < -0.4 is 5.73 Å². The first-order chi connectivity index (χ1) is 7.52. The number of aromatic nitrogens is 4. The van der Waals surface area contributed by atoms with Gasteiger partial charge in [0.25, 0.3) is 0 Å². The molecule has 2 rings (SSSR count). The second kappa shape index (κ2) is 4.33. The standard InChI is InChI=1S/C10H19N5S/c1-10(2,3)8(6-11)16-9-12-13-14-15(9)7-4-5-7/h7-8H,4-6,11H2,1-3H3. The molecule has 2 N–H and O–H groups in total. The minimum Gasteiger partial charge on any atom is -0.329 e. The summed E-state index contributed by atoms with van der Waals surface area (Å²) in [6.07, 6.45) is 2.39. The van der Waals surface area contributed by atoms with Crippen LogP contribution in [-0.4, -0.2) is 32.0 Å². The molecular formula is C10H19N5S. The predicted octanol–water partition coefficient (Wildman–Crippen LogP) is 1.47. The summed E-state index contributed by atoms with van der Waals surface area (Å²) in [5.41, 5.74) is 5.99. The van der Waals surface area contributed by atoms with Gasteiger partial charge in [-0.1, -0.05) is 32.5 Å². The Balaban J connectivity index is 2.09. The normalized spacial score (nSPS) is 18.8. The van der Waals surface area contributed by atoms with E-state index in [1.807, 2.05) is 4.68 Å². The molecule has 6 heteroatoms. The van der Waals surface area contributed by atoms with E-state index in [-0.39, 0.29) is 5.41 Å². The Morgan fingerprint density at radius 2 is 2.19 bits per heavy atom. The summed E-state index contributed by atoms with van der Waals surface area (Å²) >= 11 is 1.70. The Morgan fingerprint density at radius 1 is 1.50 bits per heavy atom. The third kappa shape index (κ3) is 2.55. The van der Waals surface area contributed by atoms with E-state index in [9.17, 15) is 0 Å². The van der Waals surface area contributed by atoms with Crippen LogP contribution in [0.5, 0.6) is 0 Å². The van der Waals surface area contributed by atoms with Crippen LogP contribution in [0, 0.1) is 5.41 Å². The van der Waals surface area contributed by atoms with Crippen LogP contribution in [0.25, 0.3) is 0 Å². The van der Waals surface area contributed by atoms with Gasteiger partial charge in [-0.25, -0.2) is 4.68 Å². The fraction of sp³-hybridized carbons (Fsp3) is 0.900. The molecule has 5 nitrogen and oxygen atoms in total. The molecule has 1 fully saturated rings. The van der Waals surface area contributed by atoms with Crippen molar-refractivity contribution in [1.29, 1.82) is 0 Å². The van der Waals surface area contributed by atoms with Crippen molar-refractivity contribution in [1.82, 2.24) is 20.2 Å². The van der Waals surface area contributed by atoms with E-state index >= 15 is 0 Å². The Morgan fingerprint density at radius 3 is 2.69 bits per heavy atom. The van der Waals surface area contributed by atoms with Crippen molar-refractivity contribution < 1.29 is 0 Å².